The third-order valence-corrected chi connectivity index (χ3v) is 5.95. The van der Waals surface area contributed by atoms with Crippen LogP contribution in [0.25, 0.3) is 10.2 Å². The Balaban J connectivity index is 0.00000320. The number of hydrogen-bond acceptors (Lipinski definition) is 7. The van der Waals surface area contributed by atoms with Gasteiger partial charge >= 0.3 is 5.97 Å². The number of fused-ring (bicyclic) bond motifs is 1. The van der Waals surface area contributed by atoms with Crippen LogP contribution in [0.3, 0.4) is 0 Å². The number of H-pyrrole nitrogens is 1. The molecule has 3 aromatic rings. The average Bonchev–Trinajstić information content (AvgIpc) is 3.20. The summed E-state index contributed by atoms with van der Waals surface area (Å²) in [6.07, 6.45) is 0.745. The predicted octanol–water partition coefficient (Wildman–Crippen LogP) is 4.80. The number of amides is 1. The maximum absolute atomic E-state index is 12.5. The minimum atomic E-state index is -1.05. The lowest BCUT2D eigenvalue weighted by atomic mass is 10.2. The molecule has 30 heavy (non-hydrogen) atoms. The van der Waals surface area contributed by atoms with Crippen molar-refractivity contribution in [3.05, 3.63) is 39.1 Å². The van der Waals surface area contributed by atoms with Crippen LogP contribution in [-0.4, -0.2) is 47.2 Å². The van der Waals surface area contributed by atoms with E-state index in [9.17, 15) is 14.7 Å². The number of nitrogens with one attached hydrogen (secondary N) is 3. The smallest absolute Gasteiger partial charge is 0.335 e. The molecule has 0 radical (unpaired) electrons. The van der Waals surface area contributed by atoms with Crippen molar-refractivity contribution in [2.75, 3.05) is 30.9 Å². The van der Waals surface area contributed by atoms with Crippen LogP contribution in [0.5, 0.6) is 0 Å². The number of carboxylic acids is 1. The number of benzene rings is 1. The maximum atomic E-state index is 12.5. The highest BCUT2D eigenvalue weighted by atomic mass is 35.5. The van der Waals surface area contributed by atoms with Gasteiger partial charge in [0, 0.05) is 26.0 Å². The number of aromatic carboxylic acids is 1. The lowest BCUT2D eigenvalue weighted by Gasteiger charge is -2.08. The fraction of sp³-hybridized carbons (Fsp3) is 0.278. The van der Waals surface area contributed by atoms with Crippen molar-refractivity contribution in [1.29, 1.82) is 0 Å². The summed E-state index contributed by atoms with van der Waals surface area (Å²) in [7, 11) is 1.61. The van der Waals surface area contributed by atoms with Gasteiger partial charge in [0.05, 0.1) is 26.0 Å². The van der Waals surface area contributed by atoms with Crippen LogP contribution < -0.4 is 16.8 Å². The topological polar surface area (TPSA) is 151 Å². The van der Waals surface area contributed by atoms with E-state index in [1.54, 1.807) is 14.0 Å². The van der Waals surface area contributed by atoms with Crippen molar-refractivity contribution in [1.82, 2.24) is 16.1 Å². The molecule has 9 nitrogen and oxygen atoms in total. The zero-order chi connectivity index (χ0) is 21.1. The molecule has 2 heterocycles. The molecule has 0 fully saturated rings. The van der Waals surface area contributed by atoms with Gasteiger partial charge in [0.15, 0.2) is 5.13 Å². The summed E-state index contributed by atoms with van der Waals surface area (Å²) in [5.41, 5.74) is 1.99. The van der Waals surface area contributed by atoms with Crippen molar-refractivity contribution in [2.24, 2.45) is 0 Å². The Morgan fingerprint density at radius 1 is 1.30 bits per heavy atom. The van der Waals surface area contributed by atoms with E-state index in [1.165, 1.54) is 23.5 Å². The van der Waals surface area contributed by atoms with Gasteiger partial charge in [-0.1, -0.05) is 34.5 Å². The van der Waals surface area contributed by atoms with Crippen LogP contribution in [0.15, 0.2) is 12.1 Å². The van der Waals surface area contributed by atoms with Crippen molar-refractivity contribution < 1.29 is 19.4 Å². The van der Waals surface area contributed by atoms with E-state index >= 15 is 0 Å². The number of ether oxygens (including phenoxy) is 1. The molecule has 0 aliphatic heterocycles. The fourth-order valence-corrected chi connectivity index (χ4v) is 4.01. The first-order chi connectivity index (χ1) is 13.8. The third kappa shape index (κ3) is 5.02. The Kier molecular flexibility index (Phi) is 8.04. The molecule has 0 aliphatic rings. The SMILES string of the molecule is COCCCNc1cc(C(=O)O)cc2sc(NC(=O)c3[nH]c(C)c(Cl)c3Cl)nc12.N. The van der Waals surface area contributed by atoms with E-state index in [0.717, 1.165) is 6.42 Å². The lowest BCUT2D eigenvalue weighted by Crippen LogP contribution is -2.12. The maximum Gasteiger partial charge on any atom is 0.335 e. The molecule has 7 N–H and O–H groups in total. The van der Waals surface area contributed by atoms with Crippen LogP contribution in [0.2, 0.25) is 10.0 Å². The number of anilines is 2. The second-order valence-corrected chi connectivity index (χ2v) is 7.96. The normalized spacial score (nSPS) is 10.7. The molecule has 0 bridgehead atoms. The van der Waals surface area contributed by atoms with Gasteiger partial charge in [-0.05, 0) is 25.5 Å². The first kappa shape index (κ1) is 23.9. The fourth-order valence-electron chi connectivity index (χ4n) is 2.67. The van der Waals surface area contributed by atoms with E-state index < -0.39 is 11.9 Å². The molecule has 0 atom stereocenters. The monoisotopic (exact) mass is 473 g/mol. The predicted molar refractivity (Wildman–Crippen MR) is 120 cm³/mol. The van der Waals surface area contributed by atoms with Gasteiger partial charge < -0.3 is 26.3 Å². The van der Waals surface area contributed by atoms with E-state index in [4.69, 9.17) is 27.9 Å². The summed E-state index contributed by atoms with van der Waals surface area (Å²) in [5.74, 6) is -1.54. The van der Waals surface area contributed by atoms with Crippen LogP contribution in [0.4, 0.5) is 10.8 Å². The van der Waals surface area contributed by atoms with Crippen molar-refractivity contribution in [2.45, 2.75) is 13.3 Å². The molecule has 162 valence electrons. The number of aromatic amines is 1. The molecular formula is C18H21Cl2N5O4S. The van der Waals surface area contributed by atoms with Gasteiger partial charge in [-0.25, -0.2) is 9.78 Å². The number of carboxylic acid groups (broad SMARTS) is 1. The number of thiazole rings is 1. The van der Waals surface area contributed by atoms with Gasteiger partial charge in [-0.3, -0.25) is 10.1 Å². The number of aryl methyl sites for hydroxylation is 1. The number of aromatic nitrogens is 2. The zero-order valence-electron chi connectivity index (χ0n) is 16.3. The molecule has 1 amide bonds. The average molecular weight is 474 g/mol. The molecular weight excluding hydrogens is 453 g/mol. The Hall–Kier alpha value is -2.37. The molecule has 0 spiro atoms. The van der Waals surface area contributed by atoms with Crippen molar-refractivity contribution >= 4 is 67.5 Å². The summed E-state index contributed by atoms with van der Waals surface area (Å²) in [5, 5.41) is 16.0. The van der Waals surface area contributed by atoms with Crippen molar-refractivity contribution in [3.63, 3.8) is 0 Å². The van der Waals surface area contributed by atoms with E-state index in [0.29, 0.717) is 39.9 Å². The molecule has 0 saturated carbocycles. The number of carbonyl (C=O) groups is 2. The standard InChI is InChI=1S/C18H18Cl2N4O4S.H3N/c1-8-12(19)13(20)15(22-8)16(25)24-18-23-14-10(21-4-3-5-28-2)6-9(17(26)27)7-11(14)29-18;/h6-7,21-22H,3-5H2,1-2H3,(H,26,27)(H,23,24,25);1H3. The van der Waals surface area contributed by atoms with E-state index in [-0.39, 0.29) is 27.5 Å². The quantitative estimate of drug-likeness (QED) is 0.294. The lowest BCUT2D eigenvalue weighted by molar-refractivity contribution is 0.0697. The molecule has 0 saturated heterocycles. The molecule has 0 unspecified atom stereocenters. The van der Waals surface area contributed by atoms with Gasteiger partial charge in [0.2, 0.25) is 0 Å². The summed E-state index contributed by atoms with van der Waals surface area (Å²) in [4.78, 5) is 31.3. The Bertz CT molecular complexity index is 1080. The van der Waals surface area contributed by atoms with E-state index in [1.807, 2.05) is 0 Å². The Morgan fingerprint density at radius 3 is 2.63 bits per heavy atom. The number of nitrogens with zero attached hydrogens (tertiary/aromatic N) is 1. The van der Waals surface area contributed by atoms with Gasteiger partial charge in [0.1, 0.15) is 11.2 Å². The Labute approximate surface area is 186 Å². The number of halogens is 2. The van der Waals surface area contributed by atoms with E-state index in [2.05, 4.69) is 20.6 Å². The number of carbonyl (C=O) groups excluding carboxylic acids is 1. The summed E-state index contributed by atoms with van der Waals surface area (Å²) < 4.78 is 5.65. The summed E-state index contributed by atoms with van der Waals surface area (Å²) in [6, 6.07) is 3.04. The van der Waals surface area contributed by atoms with Crippen LogP contribution in [-0.2, 0) is 4.74 Å². The molecule has 1 aromatic carbocycles. The molecule has 3 rings (SSSR count). The minimum absolute atomic E-state index is 0. The highest BCUT2D eigenvalue weighted by Gasteiger charge is 2.20. The molecule has 0 aliphatic carbocycles. The highest BCUT2D eigenvalue weighted by molar-refractivity contribution is 7.22. The summed E-state index contributed by atoms with van der Waals surface area (Å²) in [6.45, 7) is 2.87. The van der Waals surface area contributed by atoms with Gasteiger partial charge in [-0.2, -0.15) is 0 Å². The molecule has 2 aromatic heterocycles. The first-order valence-electron chi connectivity index (χ1n) is 8.57. The van der Waals surface area contributed by atoms with Gasteiger partial charge in [-0.15, -0.1) is 0 Å². The van der Waals surface area contributed by atoms with Crippen LogP contribution in [0, 0.1) is 6.92 Å². The highest BCUT2D eigenvalue weighted by Crippen LogP contribution is 2.34. The van der Waals surface area contributed by atoms with Crippen molar-refractivity contribution in [3.8, 4) is 0 Å². The van der Waals surface area contributed by atoms with Crippen LogP contribution >= 0.6 is 34.5 Å². The second-order valence-electron chi connectivity index (χ2n) is 6.17. The second kappa shape index (κ2) is 10.1. The first-order valence-corrected chi connectivity index (χ1v) is 10.1. The minimum Gasteiger partial charge on any atom is -0.478 e. The van der Waals surface area contributed by atoms with Crippen LogP contribution in [0.1, 0.15) is 33.0 Å². The van der Waals surface area contributed by atoms with Gasteiger partial charge in [0.25, 0.3) is 5.91 Å². The number of methoxy groups -OCH3 is 1. The molecule has 12 heteroatoms. The third-order valence-electron chi connectivity index (χ3n) is 4.08. The summed E-state index contributed by atoms with van der Waals surface area (Å²) >= 11 is 13.3. The largest absolute Gasteiger partial charge is 0.478 e. The Morgan fingerprint density at radius 2 is 2.03 bits per heavy atom. The number of rotatable bonds is 8. The number of hydrogen-bond donors (Lipinski definition) is 5. The zero-order valence-corrected chi connectivity index (χ0v) is 18.6.